The Morgan fingerprint density at radius 1 is 1.14 bits per heavy atom. The lowest BCUT2D eigenvalue weighted by Crippen LogP contribution is -2.01. The molecule has 1 aliphatic rings. The Hall–Kier alpha value is 0.350. The molecule has 0 spiro atoms. The number of rotatable bonds is 0. The van der Waals surface area contributed by atoms with Crippen molar-refractivity contribution in [3.8, 4) is 0 Å². The van der Waals surface area contributed by atoms with Crippen molar-refractivity contribution in [1.82, 2.24) is 0 Å². The van der Waals surface area contributed by atoms with Gasteiger partial charge in [-0.25, -0.2) is 0 Å². The molecule has 0 aromatic heterocycles. The molecular formula is C6H12S. The summed E-state index contributed by atoms with van der Waals surface area (Å²) in [4.78, 5) is 0. The van der Waals surface area contributed by atoms with Crippen LogP contribution in [0.15, 0.2) is 0 Å². The Balaban J connectivity index is 2.33. The van der Waals surface area contributed by atoms with E-state index in [1.807, 2.05) is 0 Å². The normalized spacial score (nSPS) is 42.0. The molecule has 1 saturated heterocycles. The predicted molar refractivity (Wildman–Crippen MR) is 35.7 cm³/mol. The number of hydrogen-bond donors (Lipinski definition) is 0. The van der Waals surface area contributed by atoms with E-state index in [2.05, 4.69) is 25.6 Å². The van der Waals surface area contributed by atoms with Crippen molar-refractivity contribution < 1.29 is 0 Å². The van der Waals surface area contributed by atoms with Gasteiger partial charge in [0.1, 0.15) is 0 Å². The zero-order valence-corrected chi connectivity index (χ0v) is 5.79. The van der Waals surface area contributed by atoms with E-state index in [1.54, 1.807) is 0 Å². The minimum atomic E-state index is 0.977. The fourth-order valence-electron chi connectivity index (χ4n) is 0.768. The van der Waals surface area contributed by atoms with Gasteiger partial charge in [0, 0.05) is 0 Å². The largest absolute Gasteiger partial charge is 0.161 e. The summed E-state index contributed by atoms with van der Waals surface area (Å²) in [5, 5.41) is 0. The molecule has 1 heterocycles. The van der Waals surface area contributed by atoms with Gasteiger partial charge in [-0.2, -0.15) is 11.8 Å². The molecule has 0 bridgehead atoms. The molecule has 1 fully saturated rings. The molecule has 0 amide bonds. The molecule has 0 saturated carbocycles. The highest BCUT2D eigenvalue weighted by Crippen LogP contribution is 2.28. The Bertz CT molecular complexity index is 53.2. The van der Waals surface area contributed by atoms with E-state index >= 15 is 0 Å². The molecule has 42 valence electrons. The second kappa shape index (κ2) is 2.08. The van der Waals surface area contributed by atoms with Crippen molar-refractivity contribution in [2.45, 2.75) is 13.8 Å². The van der Waals surface area contributed by atoms with Crippen molar-refractivity contribution in [2.24, 2.45) is 11.8 Å². The maximum atomic E-state index is 2.34. The molecule has 0 radical (unpaired) electrons. The summed E-state index contributed by atoms with van der Waals surface area (Å²) in [6.45, 7) is 4.68. The van der Waals surface area contributed by atoms with E-state index in [0.29, 0.717) is 0 Å². The lowest BCUT2D eigenvalue weighted by atomic mass is 10.0. The van der Waals surface area contributed by atoms with E-state index in [0.717, 1.165) is 11.8 Å². The molecule has 0 N–H and O–H groups in total. The summed E-state index contributed by atoms with van der Waals surface area (Å²) in [6.07, 6.45) is 0. The lowest BCUT2D eigenvalue weighted by Gasteiger charge is -2.03. The van der Waals surface area contributed by atoms with Crippen LogP contribution in [0.1, 0.15) is 13.8 Å². The average Bonchev–Trinajstić information content (AvgIpc) is 1.91. The van der Waals surface area contributed by atoms with Crippen LogP contribution in [0.2, 0.25) is 0 Å². The zero-order valence-electron chi connectivity index (χ0n) is 4.98. The van der Waals surface area contributed by atoms with Gasteiger partial charge < -0.3 is 0 Å². The first kappa shape index (κ1) is 5.49. The van der Waals surface area contributed by atoms with Gasteiger partial charge in [0.2, 0.25) is 0 Å². The topological polar surface area (TPSA) is 0 Å². The molecule has 1 aliphatic heterocycles. The van der Waals surface area contributed by atoms with Crippen LogP contribution in [0.25, 0.3) is 0 Å². The Labute approximate surface area is 49.7 Å². The van der Waals surface area contributed by atoms with Crippen LogP contribution < -0.4 is 0 Å². The van der Waals surface area contributed by atoms with E-state index in [1.165, 1.54) is 11.5 Å². The molecule has 0 aromatic carbocycles. The summed E-state index contributed by atoms with van der Waals surface area (Å²) in [5.41, 5.74) is 0. The van der Waals surface area contributed by atoms with Gasteiger partial charge in [-0.3, -0.25) is 0 Å². The van der Waals surface area contributed by atoms with Gasteiger partial charge >= 0.3 is 0 Å². The molecular weight excluding hydrogens is 104 g/mol. The molecule has 7 heavy (non-hydrogen) atoms. The summed E-state index contributed by atoms with van der Waals surface area (Å²) in [7, 11) is 0. The van der Waals surface area contributed by atoms with Crippen LogP contribution in [-0.2, 0) is 0 Å². The molecule has 0 aliphatic carbocycles. The van der Waals surface area contributed by atoms with Crippen LogP contribution in [0.3, 0.4) is 0 Å². The Kier molecular flexibility index (Phi) is 1.63. The molecule has 0 aromatic rings. The number of hydrogen-bond acceptors (Lipinski definition) is 1. The second-order valence-corrected chi connectivity index (χ2v) is 3.57. The Morgan fingerprint density at radius 2 is 1.57 bits per heavy atom. The molecule has 2 unspecified atom stereocenters. The summed E-state index contributed by atoms with van der Waals surface area (Å²) >= 11 is 2.09. The molecule has 1 heteroatoms. The first-order valence-electron chi connectivity index (χ1n) is 2.88. The molecule has 1 rings (SSSR count). The smallest absolute Gasteiger partial charge is 0.00388 e. The van der Waals surface area contributed by atoms with Crippen LogP contribution in [0.5, 0.6) is 0 Å². The second-order valence-electron chi connectivity index (χ2n) is 2.49. The first-order valence-corrected chi connectivity index (χ1v) is 4.04. The highest BCUT2D eigenvalue weighted by Gasteiger charge is 2.18. The molecule has 2 atom stereocenters. The van der Waals surface area contributed by atoms with Gasteiger partial charge in [-0.15, -0.1) is 0 Å². The fourth-order valence-corrected chi connectivity index (χ4v) is 2.31. The van der Waals surface area contributed by atoms with E-state index in [9.17, 15) is 0 Å². The third-order valence-electron chi connectivity index (χ3n) is 1.73. The standard InChI is InChI=1S/C6H12S/c1-5-3-7-4-6(5)2/h5-6H,3-4H2,1-2H3. The Morgan fingerprint density at radius 3 is 1.71 bits per heavy atom. The summed E-state index contributed by atoms with van der Waals surface area (Å²) in [5.74, 6) is 4.73. The predicted octanol–water partition coefficient (Wildman–Crippen LogP) is 2.01. The third-order valence-corrected chi connectivity index (χ3v) is 3.26. The van der Waals surface area contributed by atoms with Gasteiger partial charge in [-0.05, 0) is 23.3 Å². The van der Waals surface area contributed by atoms with Gasteiger partial charge in [-0.1, -0.05) is 13.8 Å². The third kappa shape index (κ3) is 1.12. The first-order chi connectivity index (χ1) is 3.30. The van der Waals surface area contributed by atoms with E-state index in [-0.39, 0.29) is 0 Å². The highest BCUT2D eigenvalue weighted by atomic mass is 32.2. The lowest BCUT2D eigenvalue weighted by molar-refractivity contribution is 0.494. The maximum Gasteiger partial charge on any atom is -0.00388 e. The van der Waals surface area contributed by atoms with E-state index < -0.39 is 0 Å². The molecule has 0 nitrogen and oxygen atoms in total. The summed E-state index contributed by atoms with van der Waals surface area (Å²) < 4.78 is 0. The van der Waals surface area contributed by atoms with Gasteiger partial charge in [0.05, 0.1) is 0 Å². The maximum absolute atomic E-state index is 2.34. The minimum Gasteiger partial charge on any atom is -0.161 e. The van der Waals surface area contributed by atoms with Gasteiger partial charge in [0.25, 0.3) is 0 Å². The average molecular weight is 116 g/mol. The quantitative estimate of drug-likeness (QED) is 0.466. The van der Waals surface area contributed by atoms with Crippen molar-refractivity contribution in [2.75, 3.05) is 11.5 Å². The number of thioether (sulfide) groups is 1. The SMILES string of the molecule is CC1CSCC1C. The van der Waals surface area contributed by atoms with Crippen molar-refractivity contribution in [3.63, 3.8) is 0 Å². The van der Waals surface area contributed by atoms with Crippen LogP contribution >= 0.6 is 11.8 Å². The van der Waals surface area contributed by atoms with E-state index in [4.69, 9.17) is 0 Å². The zero-order chi connectivity index (χ0) is 5.28. The fraction of sp³-hybridized carbons (Fsp3) is 1.00. The van der Waals surface area contributed by atoms with Crippen molar-refractivity contribution >= 4 is 11.8 Å². The highest BCUT2D eigenvalue weighted by molar-refractivity contribution is 7.99. The summed E-state index contributed by atoms with van der Waals surface area (Å²) in [6, 6.07) is 0. The van der Waals surface area contributed by atoms with Crippen molar-refractivity contribution in [1.29, 1.82) is 0 Å². The van der Waals surface area contributed by atoms with Crippen LogP contribution in [0, 0.1) is 11.8 Å². The van der Waals surface area contributed by atoms with Gasteiger partial charge in [0.15, 0.2) is 0 Å². The van der Waals surface area contributed by atoms with Crippen LogP contribution in [-0.4, -0.2) is 11.5 Å². The monoisotopic (exact) mass is 116 g/mol. The van der Waals surface area contributed by atoms with Crippen molar-refractivity contribution in [3.05, 3.63) is 0 Å². The minimum absolute atomic E-state index is 0.977. The van der Waals surface area contributed by atoms with Crippen LogP contribution in [0.4, 0.5) is 0 Å².